The fraction of sp³-hybridized carbons (Fsp3) is 0.381. The second-order valence-electron chi connectivity index (χ2n) is 7.18. The molecule has 1 saturated heterocycles. The highest BCUT2D eigenvalue weighted by Gasteiger charge is 2.33. The number of amides is 1. The third-order valence-corrected chi connectivity index (χ3v) is 7.63. The Morgan fingerprint density at radius 2 is 1.97 bits per heavy atom. The molecule has 0 radical (unpaired) electrons. The molecular weight excluding hydrogens is 447 g/mol. The summed E-state index contributed by atoms with van der Waals surface area (Å²) in [5, 5.41) is 3.54. The molecule has 0 bridgehead atoms. The van der Waals surface area contributed by atoms with E-state index in [4.69, 9.17) is 27.9 Å². The van der Waals surface area contributed by atoms with Crippen molar-refractivity contribution in [1.29, 1.82) is 0 Å². The lowest BCUT2D eigenvalue weighted by atomic mass is 9.99. The Kier molecular flexibility index (Phi) is 7.29. The number of nitrogens with zero attached hydrogens (tertiary/aromatic N) is 1. The van der Waals surface area contributed by atoms with Crippen molar-refractivity contribution in [3.05, 3.63) is 52.0 Å². The molecule has 1 N–H and O–H groups in total. The van der Waals surface area contributed by atoms with Gasteiger partial charge in [0.15, 0.2) is 0 Å². The van der Waals surface area contributed by atoms with Gasteiger partial charge in [-0.15, -0.1) is 0 Å². The van der Waals surface area contributed by atoms with E-state index in [2.05, 4.69) is 5.32 Å². The Morgan fingerprint density at radius 1 is 1.20 bits per heavy atom. The maximum Gasteiger partial charge on any atom is 0.243 e. The van der Waals surface area contributed by atoms with Gasteiger partial charge in [-0.05, 0) is 68.7 Å². The number of hydrogen-bond acceptors (Lipinski definition) is 4. The fourth-order valence-corrected chi connectivity index (χ4v) is 5.35. The Hall–Kier alpha value is -1.80. The van der Waals surface area contributed by atoms with Crippen molar-refractivity contribution in [2.24, 2.45) is 5.92 Å². The standard InChI is InChI=1S/C21H24Cl2N2O4S/c1-3-29-20-9-7-17(11-14(20)2)30(27,28)25-10-4-5-15(13-25)21(26)24-16-6-8-18(22)19(23)12-16/h6-9,11-12,15H,3-5,10,13H2,1-2H3,(H,24,26)/t15-/m1/s1. The minimum Gasteiger partial charge on any atom is -0.494 e. The number of rotatable bonds is 6. The van der Waals surface area contributed by atoms with Crippen LogP contribution in [0.1, 0.15) is 25.3 Å². The lowest BCUT2D eigenvalue weighted by Crippen LogP contribution is -2.43. The van der Waals surface area contributed by atoms with Gasteiger partial charge in [-0.1, -0.05) is 23.2 Å². The molecule has 1 aliphatic heterocycles. The van der Waals surface area contributed by atoms with Gasteiger partial charge in [-0.3, -0.25) is 4.79 Å². The second-order valence-corrected chi connectivity index (χ2v) is 9.93. The molecule has 1 fully saturated rings. The first-order valence-electron chi connectivity index (χ1n) is 9.72. The van der Waals surface area contributed by atoms with Gasteiger partial charge in [0.25, 0.3) is 0 Å². The summed E-state index contributed by atoms with van der Waals surface area (Å²) in [4.78, 5) is 12.9. The lowest BCUT2D eigenvalue weighted by Gasteiger charge is -2.31. The van der Waals surface area contributed by atoms with Gasteiger partial charge in [0, 0.05) is 18.8 Å². The summed E-state index contributed by atoms with van der Waals surface area (Å²) >= 11 is 11.9. The molecule has 162 valence electrons. The normalized spacial score (nSPS) is 17.5. The molecule has 2 aromatic carbocycles. The molecule has 1 aliphatic rings. The third-order valence-electron chi connectivity index (χ3n) is 5.03. The molecule has 0 aromatic heterocycles. The highest BCUT2D eigenvalue weighted by molar-refractivity contribution is 7.89. The summed E-state index contributed by atoms with van der Waals surface area (Å²) in [6.07, 6.45) is 1.22. The van der Waals surface area contributed by atoms with Crippen LogP contribution in [0.25, 0.3) is 0 Å². The number of hydrogen-bond donors (Lipinski definition) is 1. The number of carbonyl (C=O) groups excluding carboxylic acids is 1. The summed E-state index contributed by atoms with van der Waals surface area (Å²) < 4.78 is 33.1. The highest BCUT2D eigenvalue weighted by Crippen LogP contribution is 2.29. The average Bonchev–Trinajstić information content (AvgIpc) is 2.72. The summed E-state index contributed by atoms with van der Waals surface area (Å²) in [6.45, 7) is 4.70. The first-order valence-corrected chi connectivity index (χ1v) is 11.9. The topological polar surface area (TPSA) is 75.7 Å². The molecule has 2 aromatic rings. The number of benzene rings is 2. The molecule has 0 aliphatic carbocycles. The number of carbonyl (C=O) groups is 1. The number of anilines is 1. The van der Waals surface area contributed by atoms with Crippen molar-refractivity contribution in [3.63, 3.8) is 0 Å². The van der Waals surface area contributed by atoms with Crippen molar-refractivity contribution >= 4 is 44.8 Å². The number of nitrogens with one attached hydrogen (secondary N) is 1. The molecular formula is C21H24Cl2N2O4S. The fourth-order valence-electron chi connectivity index (χ4n) is 3.44. The first-order chi connectivity index (χ1) is 14.2. The smallest absolute Gasteiger partial charge is 0.243 e. The van der Waals surface area contributed by atoms with Gasteiger partial charge >= 0.3 is 0 Å². The molecule has 1 atom stereocenters. The zero-order valence-corrected chi connectivity index (χ0v) is 19.1. The van der Waals surface area contributed by atoms with E-state index in [1.807, 2.05) is 13.8 Å². The largest absolute Gasteiger partial charge is 0.494 e. The zero-order valence-electron chi connectivity index (χ0n) is 16.8. The molecule has 0 unspecified atom stereocenters. The average molecular weight is 471 g/mol. The van der Waals surface area contributed by atoms with Gasteiger partial charge in [0.1, 0.15) is 5.75 Å². The molecule has 9 heteroatoms. The van der Waals surface area contributed by atoms with E-state index < -0.39 is 15.9 Å². The Bertz CT molecular complexity index is 1040. The maximum absolute atomic E-state index is 13.1. The van der Waals surface area contributed by atoms with Gasteiger partial charge < -0.3 is 10.1 Å². The van der Waals surface area contributed by atoms with Crippen LogP contribution in [0.3, 0.4) is 0 Å². The molecule has 0 spiro atoms. The van der Waals surface area contributed by atoms with Crippen LogP contribution in [-0.2, 0) is 14.8 Å². The first kappa shape index (κ1) is 22.9. The van der Waals surface area contributed by atoms with Crippen molar-refractivity contribution < 1.29 is 17.9 Å². The predicted octanol–water partition coefficient (Wildman–Crippen LogP) is 4.74. The zero-order chi connectivity index (χ0) is 21.9. The van der Waals surface area contributed by atoms with E-state index in [0.717, 1.165) is 5.56 Å². The number of halogens is 2. The van der Waals surface area contributed by atoms with Gasteiger partial charge in [-0.25, -0.2) is 8.42 Å². The predicted molar refractivity (Wildman–Crippen MR) is 119 cm³/mol. The van der Waals surface area contributed by atoms with E-state index in [1.165, 1.54) is 4.31 Å². The van der Waals surface area contributed by atoms with E-state index in [9.17, 15) is 13.2 Å². The van der Waals surface area contributed by atoms with Crippen molar-refractivity contribution in [3.8, 4) is 5.75 Å². The quantitative estimate of drug-likeness (QED) is 0.661. The Morgan fingerprint density at radius 3 is 2.63 bits per heavy atom. The second kappa shape index (κ2) is 9.56. The van der Waals surface area contributed by atoms with Crippen LogP contribution in [-0.4, -0.2) is 38.3 Å². The van der Waals surface area contributed by atoms with Gasteiger partial charge in [-0.2, -0.15) is 4.31 Å². The van der Waals surface area contributed by atoms with Gasteiger partial charge in [0.2, 0.25) is 15.9 Å². The van der Waals surface area contributed by atoms with E-state index >= 15 is 0 Å². The molecule has 1 heterocycles. The number of ether oxygens (including phenoxy) is 1. The monoisotopic (exact) mass is 470 g/mol. The minimum absolute atomic E-state index is 0.127. The van der Waals surface area contributed by atoms with E-state index in [1.54, 1.807) is 36.4 Å². The van der Waals surface area contributed by atoms with Crippen molar-refractivity contribution in [2.45, 2.75) is 31.6 Å². The minimum atomic E-state index is -3.71. The van der Waals surface area contributed by atoms with Crippen LogP contribution in [0.5, 0.6) is 5.75 Å². The molecule has 30 heavy (non-hydrogen) atoms. The van der Waals surface area contributed by atoms with Crippen molar-refractivity contribution in [1.82, 2.24) is 4.31 Å². The number of sulfonamides is 1. The van der Waals surface area contributed by atoms with Crippen LogP contribution >= 0.6 is 23.2 Å². The Balaban J connectivity index is 1.73. The van der Waals surface area contributed by atoms with Crippen LogP contribution in [0.2, 0.25) is 10.0 Å². The van der Waals surface area contributed by atoms with Crippen LogP contribution in [0.4, 0.5) is 5.69 Å². The summed E-state index contributed by atoms with van der Waals surface area (Å²) in [6, 6.07) is 9.66. The number of piperidine rings is 1. The van der Waals surface area contributed by atoms with Crippen LogP contribution in [0.15, 0.2) is 41.3 Å². The van der Waals surface area contributed by atoms with Crippen molar-refractivity contribution in [2.75, 3.05) is 25.0 Å². The van der Waals surface area contributed by atoms with Crippen LogP contribution < -0.4 is 10.1 Å². The van der Waals surface area contributed by atoms with E-state index in [-0.39, 0.29) is 17.3 Å². The molecule has 0 saturated carbocycles. The lowest BCUT2D eigenvalue weighted by molar-refractivity contribution is -0.120. The van der Waals surface area contributed by atoms with Gasteiger partial charge in [0.05, 0.1) is 27.5 Å². The molecule has 3 rings (SSSR count). The molecule has 6 nitrogen and oxygen atoms in total. The SMILES string of the molecule is CCOc1ccc(S(=O)(=O)N2CCC[C@@H](C(=O)Nc3ccc(Cl)c(Cl)c3)C2)cc1C. The van der Waals surface area contributed by atoms with Crippen LogP contribution in [0, 0.1) is 12.8 Å². The molecule has 1 amide bonds. The third kappa shape index (κ3) is 5.09. The number of aryl methyl sites for hydroxylation is 1. The Labute approximate surface area is 187 Å². The highest BCUT2D eigenvalue weighted by atomic mass is 35.5. The summed E-state index contributed by atoms with van der Waals surface area (Å²) in [5.41, 5.74) is 1.28. The maximum atomic E-state index is 13.1. The van der Waals surface area contributed by atoms with E-state index in [0.29, 0.717) is 47.5 Å². The summed E-state index contributed by atoms with van der Waals surface area (Å²) in [7, 11) is -3.71. The summed E-state index contributed by atoms with van der Waals surface area (Å²) in [5.74, 6) is -0.0306.